The lowest BCUT2D eigenvalue weighted by molar-refractivity contribution is -0.384. The summed E-state index contributed by atoms with van der Waals surface area (Å²) in [5.74, 6) is 0.132. The van der Waals surface area contributed by atoms with Crippen LogP contribution in [0.15, 0.2) is 24.3 Å². The number of amides is 1. The molecule has 6 nitrogen and oxygen atoms in total. The van der Waals surface area contributed by atoms with Gasteiger partial charge in [-0.25, -0.2) is 0 Å². The molecule has 1 aliphatic heterocycles. The average molecular weight is 236 g/mol. The Balaban J connectivity index is 1.95. The third-order valence-corrected chi connectivity index (χ3v) is 2.52. The first-order valence-electron chi connectivity index (χ1n) is 5.27. The molecule has 1 amide bonds. The molecule has 1 aromatic carbocycles. The minimum Gasteiger partial charge on any atom is -0.381 e. The molecule has 0 saturated carbocycles. The van der Waals surface area contributed by atoms with E-state index in [4.69, 9.17) is 4.74 Å². The minimum atomic E-state index is -0.491. The third kappa shape index (κ3) is 3.01. The van der Waals surface area contributed by atoms with Crippen molar-refractivity contribution >= 4 is 17.3 Å². The van der Waals surface area contributed by atoms with Gasteiger partial charge in [0.15, 0.2) is 0 Å². The predicted molar refractivity (Wildman–Crippen MR) is 60.7 cm³/mol. The second-order valence-electron chi connectivity index (χ2n) is 3.96. The van der Waals surface area contributed by atoms with Crippen LogP contribution in [0.3, 0.4) is 0 Å². The number of non-ortho nitro benzene ring substituents is 1. The number of ether oxygens (including phenoxy) is 1. The van der Waals surface area contributed by atoms with Gasteiger partial charge < -0.3 is 10.1 Å². The highest BCUT2D eigenvalue weighted by atomic mass is 16.6. The van der Waals surface area contributed by atoms with Gasteiger partial charge in [0.2, 0.25) is 5.91 Å². The molecule has 0 aromatic heterocycles. The molecule has 2 rings (SSSR count). The highest BCUT2D eigenvalue weighted by Crippen LogP contribution is 2.19. The maximum Gasteiger partial charge on any atom is 0.271 e. The molecule has 17 heavy (non-hydrogen) atoms. The number of hydrogen-bond acceptors (Lipinski definition) is 4. The summed E-state index contributed by atoms with van der Waals surface area (Å²) >= 11 is 0. The highest BCUT2D eigenvalue weighted by Gasteiger charge is 2.21. The number of benzene rings is 1. The molecule has 0 radical (unpaired) electrons. The Bertz CT molecular complexity index is 443. The lowest BCUT2D eigenvalue weighted by Gasteiger charge is -2.25. The van der Waals surface area contributed by atoms with Gasteiger partial charge in [-0.3, -0.25) is 14.9 Å². The van der Waals surface area contributed by atoms with Crippen molar-refractivity contribution in [1.82, 2.24) is 0 Å². The summed E-state index contributed by atoms with van der Waals surface area (Å²) in [7, 11) is 0. The topological polar surface area (TPSA) is 81.5 Å². The fraction of sp³-hybridized carbons (Fsp3) is 0.364. The van der Waals surface area contributed by atoms with Gasteiger partial charge in [0.25, 0.3) is 5.69 Å². The molecule has 1 saturated heterocycles. The Hall–Kier alpha value is -1.95. The molecule has 6 heteroatoms. The van der Waals surface area contributed by atoms with E-state index in [9.17, 15) is 14.9 Å². The number of hydrogen-bond donors (Lipinski definition) is 1. The normalized spacial score (nSPS) is 15.1. The second-order valence-corrected chi connectivity index (χ2v) is 3.96. The van der Waals surface area contributed by atoms with Gasteiger partial charge in [0, 0.05) is 30.2 Å². The van der Waals surface area contributed by atoms with Crippen LogP contribution in [0.4, 0.5) is 11.4 Å². The van der Waals surface area contributed by atoms with Crippen LogP contribution >= 0.6 is 0 Å². The molecule has 0 atom stereocenters. The van der Waals surface area contributed by atoms with Crippen LogP contribution in [0.1, 0.15) is 6.42 Å². The molecule has 0 aliphatic carbocycles. The maximum absolute atomic E-state index is 11.6. The predicted octanol–water partition coefficient (Wildman–Crippen LogP) is 1.57. The maximum atomic E-state index is 11.6. The molecular weight excluding hydrogens is 224 g/mol. The molecule has 0 unspecified atom stereocenters. The van der Waals surface area contributed by atoms with Crippen molar-refractivity contribution in [3.63, 3.8) is 0 Å². The number of nitro benzene ring substituents is 1. The van der Waals surface area contributed by atoms with Gasteiger partial charge in [-0.15, -0.1) is 0 Å². The van der Waals surface area contributed by atoms with E-state index in [0.29, 0.717) is 25.3 Å². The Labute approximate surface area is 97.7 Å². The number of anilines is 1. The van der Waals surface area contributed by atoms with Crippen molar-refractivity contribution < 1.29 is 14.5 Å². The van der Waals surface area contributed by atoms with Crippen molar-refractivity contribution in [2.75, 3.05) is 18.5 Å². The Kier molecular flexibility index (Phi) is 3.34. The Morgan fingerprint density at radius 2 is 2.29 bits per heavy atom. The quantitative estimate of drug-likeness (QED) is 0.635. The van der Waals surface area contributed by atoms with Gasteiger partial charge in [0.05, 0.1) is 18.1 Å². The van der Waals surface area contributed by atoms with Crippen molar-refractivity contribution in [1.29, 1.82) is 0 Å². The summed E-state index contributed by atoms with van der Waals surface area (Å²) in [6.45, 7) is 1.23. The zero-order valence-electron chi connectivity index (χ0n) is 9.09. The van der Waals surface area contributed by atoms with Crippen LogP contribution in [-0.4, -0.2) is 24.0 Å². The summed E-state index contributed by atoms with van der Waals surface area (Å²) in [6.07, 6.45) is 0.392. The second kappa shape index (κ2) is 4.92. The minimum absolute atomic E-state index is 0.0326. The first kappa shape index (κ1) is 11.5. The summed E-state index contributed by atoms with van der Waals surface area (Å²) in [5.41, 5.74) is 0.416. The van der Waals surface area contributed by atoms with Crippen LogP contribution in [0.5, 0.6) is 0 Å². The molecule has 0 bridgehead atoms. The van der Waals surface area contributed by atoms with Crippen molar-refractivity contribution in [2.24, 2.45) is 5.92 Å². The van der Waals surface area contributed by atoms with Crippen molar-refractivity contribution in [3.8, 4) is 0 Å². The van der Waals surface area contributed by atoms with E-state index < -0.39 is 4.92 Å². The molecule has 1 fully saturated rings. The number of nitro groups is 1. The molecule has 1 N–H and O–H groups in total. The van der Waals surface area contributed by atoms with Crippen molar-refractivity contribution in [3.05, 3.63) is 34.4 Å². The monoisotopic (exact) mass is 236 g/mol. The van der Waals surface area contributed by atoms with Crippen LogP contribution in [0.2, 0.25) is 0 Å². The smallest absolute Gasteiger partial charge is 0.271 e. The number of nitrogens with zero attached hydrogens (tertiary/aromatic N) is 1. The lowest BCUT2D eigenvalue weighted by Crippen LogP contribution is -2.31. The summed E-state index contributed by atoms with van der Waals surface area (Å²) in [4.78, 5) is 21.6. The van der Waals surface area contributed by atoms with Crippen LogP contribution in [0.25, 0.3) is 0 Å². The Morgan fingerprint density at radius 3 is 2.88 bits per heavy atom. The first-order valence-corrected chi connectivity index (χ1v) is 5.27. The van der Waals surface area contributed by atoms with Crippen molar-refractivity contribution in [2.45, 2.75) is 6.42 Å². The molecule has 0 spiro atoms. The number of rotatable bonds is 4. The number of nitrogens with one attached hydrogen (secondary N) is 1. The molecule has 1 aliphatic rings. The summed E-state index contributed by atoms with van der Waals surface area (Å²) in [6, 6.07) is 5.90. The largest absolute Gasteiger partial charge is 0.381 e. The highest BCUT2D eigenvalue weighted by molar-refractivity contribution is 5.91. The van der Waals surface area contributed by atoms with Gasteiger partial charge in [-0.2, -0.15) is 0 Å². The van der Waals surface area contributed by atoms with Crippen LogP contribution in [0, 0.1) is 16.0 Å². The Morgan fingerprint density at radius 1 is 1.53 bits per heavy atom. The zero-order valence-corrected chi connectivity index (χ0v) is 9.09. The lowest BCUT2D eigenvalue weighted by atomic mass is 10.0. The van der Waals surface area contributed by atoms with Gasteiger partial charge in [0.1, 0.15) is 0 Å². The van der Waals surface area contributed by atoms with E-state index in [0.717, 1.165) is 0 Å². The van der Waals surface area contributed by atoms with E-state index >= 15 is 0 Å². The third-order valence-electron chi connectivity index (χ3n) is 2.52. The number of carbonyl (C=O) groups is 1. The molecule has 90 valence electrons. The van der Waals surface area contributed by atoms with E-state index in [2.05, 4.69) is 5.32 Å². The van der Waals surface area contributed by atoms with Crippen LogP contribution in [-0.2, 0) is 9.53 Å². The van der Waals surface area contributed by atoms with Gasteiger partial charge in [-0.1, -0.05) is 6.07 Å². The standard InChI is InChI=1S/C11H12N2O4/c14-11(4-8-6-17-7-8)12-9-2-1-3-10(5-9)13(15)16/h1-3,5,8H,4,6-7H2,(H,12,14). The van der Waals surface area contributed by atoms with Gasteiger partial charge in [-0.05, 0) is 6.07 Å². The fourth-order valence-electron chi connectivity index (χ4n) is 1.57. The average Bonchev–Trinajstić information content (AvgIpc) is 2.24. The SMILES string of the molecule is O=C(CC1COC1)Nc1cccc([N+](=O)[O-])c1. The molecule has 1 aromatic rings. The fourth-order valence-corrected chi connectivity index (χ4v) is 1.57. The summed E-state index contributed by atoms with van der Waals surface area (Å²) < 4.78 is 4.97. The van der Waals surface area contributed by atoms with E-state index in [1.165, 1.54) is 12.1 Å². The van der Waals surface area contributed by atoms with Gasteiger partial charge >= 0.3 is 0 Å². The van der Waals surface area contributed by atoms with E-state index in [1.54, 1.807) is 12.1 Å². The van der Waals surface area contributed by atoms with E-state index in [1.807, 2.05) is 0 Å². The number of carbonyl (C=O) groups excluding carboxylic acids is 1. The zero-order chi connectivity index (χ0) is 12.3. The first-order chi connectivity index (χ1) is 8.15. The summed E-state index contributed by atoms with van der Waals surface area (Å²) in [5, 5.41) is 13.2. The molecular formula is C11H12N2O4. The molecule has 1 heterocycles. The van der Waals surface area contributed by atoms with E-state index in [-0.39, 0.29) is 17.5 Å². The van der Waals surface area contributed by atoms with Crippen LogP contribution < -0.4 is 5.32 Å².